The maximum Gasteiger partial charge on any atom is 0.238 e. The summed E-state index contributed by atoms with van der Waals surface area (Å²) in [5.74, 6) is 1.71. The van der Waals surface area contributed by atoms with Gasteiger partial charge in [0.2, 0.25) is 5.95 Å². The van der Waals surface area contributed by atoms with Crippen LogP contribution in [0.15, 0.2) is 217 Å². The van der Waals surface area contributed by atoms with Gasteiger partial charge >= 0.3 is 0 Å². The Morgan fingerprint density at radius 3 is 1.56 bits per heavy atom. The summed E-state index contributed by atoms with van der Waals surface area (Å²) in [5.41, 5.74) is 13.4. The van der Waals surface area contributed by atoms with Gasteiger partial charge < -0.3 is 8.98 Å². The van der Waals surface area contributed by atoms with Crippen LogP contribution >= 0.6 is 0 Å². The third-order valence-corrected chi connectivity index (χ3v) is 12.4. The molecule has 9 aromatic carbocycles. The topological polar surface area (TPSA) is 61.7 Å². The van der Waals surface area contributed by atoms with Crippen LogP contribution in [-0.2, 0) is 0 Å². The first-order chi connectivity index (χ1) is 31.2. The van der Waals surface area contributed by atoms with E-state index in [9.17, 15) is 0 Å². The van der Waals surface area contributed by atoms with Gasteiger partial charge in [-0.1, -0.05) is 170 Å². The Morgan fingerprint density at radius 2 is 0.825 bits per heavy atom. The Bertz CT molecular complexity index is 3900. The van der Waals surface area contributed by atoms with Crippen LogP contribution in [0.4, 0.5) is 0 Å². The van der Waals surface area contributed by atoms with Crippen molar-refractivity contribution < 1.29 is 4.42 Å². The molecule has 0 unspecified atom stereocenters. The standard InChI is InChI=1S/C57H35N5O/c1-3-15-36(16-4-1)37-27-29-38(30-28-37)41-19-7-11-23-48(41)61-49-24-12-8-20-42(49)45-32-33-46-43-21-9-13-25-50(43)62(54(46)53(45)61)57-59-55(39-17-5-2-6-18-39)58-56(60-57)40-31-34-52-47(35-40)44-22-10-14-26-51(44)63-52/h1-35H. The molecule has 4 aromatic heterocycles. The van der Waals surface area contributed by atoms with Crippen molar-refractivity contribution in [3.05, 3.63) is 212 Å². The number of hydrogen-bond acceptors (Lipinski definition) is 4. The van der Waals surface area contributed by atoms with E-state index < -0.39 is 0 Å². The molecule has 13 aromatic rings. The highest BCUT2D eigenvalue weighted by Crippen LogP contribution is 2.43. The SMILES string of the molecule is c1ccc(-c2ccc(-c3ccccc3-n3c4ccccc4c4ccc5c6ccccc6n(-c6nc(-c7ccccc7)nc(-c7ccc8oc9ccccc9c8c7)n6)c5c43)cc2)cc1. The van der Waals surface area contributed by atoms with Crippen molar-refractivity contribution in [2.45, 2.75) is 0 Å². The summed E-state index contributed by atoms with van der Waals surface area (Å²) in [6.45, 7) is 0. The van der Waals surface area contributed by atoms with Crippen molar-refractivity contribution in [3.8, 4) is 56.7 Å². The summed E-state index contributed by atoms with van der Waals surface area (Å²) in [7, 11) is 0. The zero-order valence-electron chi connectivity index (χ0n) is 33.9. The van der Waals surface area contributed by atoms with Crippen molar-refractivity contribution in [3.63, 3.8) is 0 Å². The van der Waals surface area contributed by atoms with Crippen LogP contribution in [0.2, 0.25) is 0 Å². The Kier molecular flexibility index (Phi) is 7.80. The number of fused-ring (bicyclic) bond motifs is 10. The minimum atomic E-state index is 0.538. The Labute approximate surface area is 361 Å². The highest BCUT2D eigenvalue weighted by Gasteiger charge is 2.24. The average Bonchev–Trinajstić information content (AvgIpc) is 4.02. The minimum Gasteiger partial charge on any atom is -0.456 e. The number of hydrogen-bond donors (Lipinski definition) is 0. The molecule has 0 radical (unpaired) electrons. The smallest absolute Gasteiger partial charge is 0.238 e. The van der Waals surface area contributed by atoms with E-state index >= 15 is 0 Å². The van der Waals surface area contributed by atoms with E-state index in [4.69, 9.17) is 19.4 Å². The molecule has 0 N–H and O–H groups in total. The van der Waals surface area contributed by atoms with Crippen LogP contribution in [0, 0.1) is 0 Å². The largest absolute Gasteiger partial charge is 0.456 e. The van der Waals surface area contributed by atoms with Gasteiger partial charge in [0, 0.05) is 49.0 Å². The second-order valence-electron chi connectivity index (χ2n) is 16.0. The molecule has 0 saturated heterocycles. The molecule has 13 rings (SSSR count). The summed E-state index contributed by atoms with van der Waals surface area (Å²) < 4.78 is 10.9. The lowest BCUT2D eigenvalue weighted by Crippen LogP contribution is -2.07. The number of furan rings is 1. The van der Waals surface area contributed by atoms with E-state index in [0.29, 0.717) is 17.6 Å². The van der Waals surface area contributed by atoms with Crippen LogP contribution in [0.1, 0.15) is 0 Å². The fourth-order valence-corrected chi connectivity index (χ4v) is 9.52. The van der Waals surface area contributed by atoms with E-state index in [1.165, 1.54) is 16.5 Å². The highest BCUT2D eigenvalue weighted by atomic mass is 16.3. The van der Waals surface area contributed by atoms with E-state index in [2.05, 4.69) is 173 Å². The van der Waals surface area contributed by atoms with Crippen LogP contribution in [0.25, 0.3) is 122 Å². The molecule has 6 heteroatoms. The van der Waals surface area contributed by atoms with Crippen LogP contribution in [0.3, 0.4) is 0 Å². The number of para-hydroxylation sites is 4. The van der Waals surface area contributed by atoms with E-state index in [0.717, 1.165) is 88.1 Å². The van der Waals surface area contributed by atoms with Gasteiger partial charge in [0.05, 0.1) is 27.8 Å². The Hall–Kier alpha value is -8.61. The predicted molar refractivity (Wildman–Crippen MR) is 258 cm³/mol. The van der Waals surface area contributed by atoms with Gasteiger partial charge in [0.25, 0.3) is 0 Å². The highest BCUT2D eigenvalue weighted by molar-refractivity contribution is 6.24. The molecule has 0 saturated carbocycles. The Morgan fingerprint density at radius 1 is 0.317 bits per heavy atom. The van der Waals surface area contributed by atoms with Crippen LogP contribution in [0.5, 0.6) is 0 Å². The monoisotopic (exact) mass is 805 g/mol. The molecule has 0 aliphatic carbocycles. The van der Waals surface area contributed by atoms with Crippen molar-refractivity contribution >= 4 is 65.6 Å². The Balaban J connectivity index is 1.11. The number of aromatic nitrogens is 5. The summed E-state index contributed by atoms with van der Waals surface area (Å²) in [4.78, 5) is 15.9. The molecule has 0 bridgehead atoms. The fraction of sp³-hybridized carbons (Fsp3) is 0. The van der Waals surface area contributed by atoms with E-state index in [1.54, 1.807) is 0 Å². The fourth-order valence-electron chi connectivity index (χ4n) is 9.52. The minimum absolute atomic E-state index is 0.538. The molecule has 0 aliphatic heterocycles. The van der Waals surface area contributed by atoms with Gasteiger partial charge in [0.15, 0.2) is 11.6 Å². The van der Waals surface area contributed by atoms with Gasteiger partial charge in [0.1, 0.15) is 11.2 Å². The molecule has 4 heterocycles. The molecule has 0 aliphatic rings. The predicted octanol–water partition coefficient (Wildman–Crippen LogP) is 14.6. The molecule has 0 atom stereocenters. The summed E-state index contributed by atoms with van der Waals surface area (Å²) >= 11 is 0. The lowest BCUT2D eigenvalue weighted by atomic mass is 9.99. The van der Waals surface area contributed by atoms with Gasteiger partial charge in [-0.05, 0) is 59.2 Å². The van der Waals surface area contributed by atoms with Gasteiger partial charge in [-0.15, -0.1) is 0 Å². The zero-order valence-corrected chi connectivity index (χ0v) is 33.9. The first kappa shape index (κ1) is 35.2. The molecular weight excluding hydrogens is 771 g/mol. The summed E-state index contributed by atoms with van der Waals surface area (Å²) in [6.07, 6.45) is 0. The lowest BCUT2D eigenvalue weighted by Gasteiger charge is -2.16. The number of nitrogens with zero attached hydrogens (tertiary/aromatic N) is 5. The van der Waals surface area contributed by atoms with Crippen molar-refractivity contribution in [1.82, 2.24) is 24.1 Å². The van der Waals surface area contributed by atoms with Gasteiger partial charge in [-0.2, -0.15) is 9.97 Å². The van der Waals surface area contributed by atoms with Gasteiger partial charge in [-0.25, -0.2) is 4.98 Å². The lowest BCUT2D eigenvalue weighted by molar-refractivity contribution is 0.669. The second kappa shape index (κ2) is 14.0. The van der Waals surface area contributed by atoms with Crippen molar-refractivity contribution in [1.29, 1.82) is 0 Å². The third-order valence-electron chi connectivity index (χ3n) is 12.4. The van der Waals surface area contributed by atoms with E-state index in [-0.39, 0.29) is 0 Å². The second-order valence-corrected chi connectivity index (χ2v) is 16.0. The summed E-state index contributed by atoms with van der Waals surface area (Å²) in [6, 6.07) is 74.6. The first-order valence-corrected chi connectivity index (χ1v) is 21.2. The maximum atomic E-state index is 6.23. The first-order valence-electron chi connectivity index (χ1n) is 21.2. The van der Waals surface area contributed by atoms with Crippen molar-refractivity contribution in [2.75, 3.05) is 0 Å². The zero-order chi connectivity index (χ0) is 41.4. The number of rotatable bonds is 6. The van der Waals surface area contributed by atoms with Crippen LogP contribution < -0.4 is 0 Å². The molecule has 294 valence electrons. The quantitative estimate of drug-likeness (QED) is 0.168. The molecular formula is C57H35N5O. The van der Waals surface area contributed by atoms with Gasteiger partial charge in [-0.3, -0.25) is 4.57 Å². The third kappa shape index (κ3) is 5.55. The molecule has 0 spiro atoms. The average molecular weight is 806 g/mol. The molecule has 6 nitrogen and oxygen atoms in total. The maximum absolute atomic E-state index is 6.23. The number of benzene rings is 9. The van der Waals surface area contributed by atoms with Crippen molar-refractivity contribution in [2.24, 2.45) is 0 Å². The summed E-state index contributed by atoms with van der Waals surface area (Å²) in [5, 5.41) is 6.61. The van der Waals surface area contributed by atoms with E-state index in [1.807, 2.05) is 48.5 Å². The molecule has 63 heavy (non-hydrogen) atoms. The molecule has 0 fully saturated rings. The molecule has 0 amide bonds. The normalized spacial score (nSPS) is 11.8. The van der Waals surface area contributed by atoms with Crippen LogP contribution in [-0.4, -0.2) is 24.1 Å².